The normalized spacial score (nSPS) is 11.9. The number of Topliss-reactive ketones (excluding diaryl/α,β-unsaturated/α-hetero) is 1. The van der Waals surface area contributed by atoms with Gasteiger partial charge in [0.2, 0.25) is 0 Å². The fourth-order valence-corrected chi connectivity index (χ4v) is 1.93. The molecule has 1 aromatic rings. The molecule has 78 valence electrons. The third-order valence-electron chi connectivity index (χ3n) is 2.33. The van der Waals surface area contributed by atoms with E-state index < -0.39 is 0 Å². The third-order valence-corrected chi connectivity index (χ3v) is 3.47. The highest BCUT2D eigenvalue weighted by molar-refractivity contribution is 9.09. The summed E-state index contributed by atoms with van der Waals surface area (Å²) in [7, 11) is 0. The highest BCUT2D eigenvalue weighted by Crippen LogP contribution is 2.28. The molecule has 0 fully saturated rings. The molecule has 0 aliphatic rings. The molecule has 3 heteroatoms. The first-order valence-electron chi connectivity index (χ1n) is 4.67. The molecule has 0 saturated heterocycles. The maximum atomic E-state index is 11.3. The first-order chi connectivity index (χ1) is 7.07. The Bertz CT molecular complexity index is 420. The summed E-state index contributed by atoms with van der Waals surface area (Å²) in [5.41, 5.74) is 2.92. The minimum atomic E-state index is -0.305. The first-order valence-corrected chi connectivity index (χ1v) is 5.59. The van der Waals surface area contributed by atoms with E-state index in [0.29, 0.717) is 6.42 Å². The number of benzene rings is 1. The number of halogens is 1. The Hall–Kier alpha value is -1.14. The minimum absolute atomic E-state index is 0.0554. The molecule has 0 aromatic heterocycles. The largest absolute Gasteiger partial charge is 0.298 e. The average Bonchev–Trinajstić information content (AvgIpc) is 2.20. The Morgan fingerprint density at radius 1 is 1.60 bits per heavy atom. The Kier molecular flexibility index (Phi) is 4.05. The number of hydrogen-bond acceptors (Lipinski definition) is 2. The van der Waals surface area contributed by atoms with E-state index in [2.05, 4.69) is 22.0 Å². The van der Waals surface area contributed by atoms with Crippen molar-refractivity contribution in [3.8, 4) is 6.07 Å². The summed E-state index contributed by atoms with van der Waals surface area (Å²) in [5, 5.41) is 8.74. The van der Waals surface area contributed by atoms with Crippen molar-refractivity contribution in [2.45, 2.75) is 25.1 Å². The van der Waals surface area contributed by atoms with Crippen LogP contribution in [0.1, 0.15) is 28.4 Å². The van der Waals surface area contributed by atoms with Crippen LogP contribution in [0.2, 0.25) is 0 Å². The fraction of sp³-hybridized carbons (Fsp3) is 0.333. The number of carbonyl (C=O) groups is 1. The number of alkyl halides is 1. The molecule has 0 saturated carbocycles. The second kappa shape index (κ2) is 5.09. The fourth-order valence-electron chi connectivity index (χ4n) is 1.50. The van der Waals surface area contributed by atoms with E-state index in [9.17, 15) is 4.79 Å². The molecule has 1 rings (SSSR count). The molecule has 1 unspecified atom stereocenters. The van der Waals surface area contributed by atoms with Crippen molar-refractivity contribution in [2.24, 2.45) is 0 Å². The van der Waals surface area contributed by atoms with E-state index in [4.69, 9.17) is 5.26 Å². The molecule has 0 bridgehead atoms. The maximum Gasteiger partial charge on any atom is 0.147 e. The van der Waals surface area contributed by atoms with Crippen molar-refractivity contribution in [1.82, 2.24) is 0 Å². The van der Waals surface area contributed by atoms with Gasteiger partial charge in [-0.3, -0.25) is 4.79 Å². The summed E-state index contributed by atoms with van der Waals surface area (Å²) < 4.78 is 0. The molecule has 1 atom stereocenters. The van der Waals surface area contributed by atoms with Gasteiger partial charge in [0.15, 0.2) is 0 Å². The number of rotatable bonds is 3. The van der Waals surface area contributed by atoms with Gasteiger partial charge >= 0.3 is 0 Å². The Balaban J connectivity index is 3.23. The Morgan fingerprint density at radius 2 is 2.27 bits per heavy atom. The summed E-state index contributed by atoms with van der Waals surface area (Å²) in [4.78, 5) is 11.0. The van der Waals surface area contributed by atoms with Crippen molar-refractivity contribution in [3.05, 3.63) is 34.9 Å². The van der Waals surface area contributed by atoms with E-state index >= 15 is 0 Å². The van der Waals surface area contributed by atoms with E-state index in [1.54, 1.807) is 0 Å². The quantitative estimate of drug-likeness (QED) is 0.789. The van der Waals surface area contributed by atoms with Gasteiger partial charge in [0.25, 0.3) is 0 Å². The number of ketones is 1. The van der Waals surface area contributed by atoms with Gasteiger partial charge in [-0.05, 0) is 30.5 Å². The molecular formula is C12H12BrNO. The zero-order valence-corrected chi connectivity index (χ0v) is 10.3. The van der Waals surface area contributed by atoms with Crippen LogP contribution in [0.25, 0.3) is 0 Å². The van der Waals surface area contributed by atoms with Crippen LogP contribution in [0, 0.1) is 18.3 Å². The number of nitrogens with zero attached hydrogens (tertiary/aromatic N) is 1. The monoisotopic (exact) mass is 265 g/mol. The van der Waals surface area contributed by atoms with E-state index in [0.717, 1.165) is 16.7 Å². The molecule has 0 aliphatic heterocycles. The lowest BCUT2D eigenvalue weighted by Gasteiger charge is -2.13. The lowest BCUT2D eigenvalue weighted by molar-refractivity contribution is -0.116. The number of nitriles is 1. The van der Waals surface area contributed by atoms with Crippen LogP contribution < -0.4 is 0 Å². The van der Waals surface area contributed by atoms with Gasteiger partial charge in [-0.15, -0.1) is 0 Å². The second-order valence-electron chi connectivity index (χ2n) is 3.45. The van der Waals surface area contributed by atoms with Crippen LogP contribution in [-0.4, -0.2) is 5.78 Å². The number of carbonyl (C=O) groups excluding carboxylic acids is 1. The van der Waals surface area contributed by atoms with Crippen LogP contribution in [-0.2, 0) is 11.2 Å². The van der Waals surface area contributed by atoms with E-state index in [1.807, 2.05) is 25.1 Å². The maximum absolute atomic E-state index is 11.3. The second-order valence-corrected chi connectivity index (χ2v) is 4.37. The van der Waals surface area contributed by atoms with Crippen LogP contribution in [0.5, 0.6) is 0 Å². The standard InChI is InChI=1S/C12H12BrNO/c1-8-4-3-5-11(10(8)6-7-14)12(13)9(2)15/h3-5,12H,6H2,1-2H3. The SMILES string of the molecule is CC(=O)C(Br)c1cccc(C)c1CC#N. The van der Waals surface area contributed by atoms with Crippen molar-refractivity contribution in [2.75, 3.05) is 0 Å². The molecule has 0 heterocycles. The van der Waals surface area contributed by atoms with Gasteiger partial charge in [-0.1, -0.05) is 34.1 Å². The third kappa shape index (κ3) is 2.66. The Labute approximate surface area is 98.0 Å². The van der Waals surface area contributed by atoms with Gasteiger partial charge < -0.3 is 0 Å². The van der Waals surface area contributed by atoms with Crippen LogP contribution in [0.15, 0.2) is 18.2 Å². The molecule has 0 aliphatic carbocycles. The lowest BCUT2D eigenvalue weighted by Crippen LogP contribution is -2.05. The smallest absolute Gasteiger partial charge is 0.147 e. The minimum Gasteiger partial charge on any atom is -0.298 e. The van der Waals surface area contributed by atoms with Crippen molar-refractivity contribution < 1.29 is 4.79 Å². The van der Waals surface area contributed by atoms with Crippen LogP contribution >= 0.6 is 15.9 Å². The van der Waals surface area contributed by atoms with E-state index in [-0.39, 0.29) is 10.6 Å². The van der Waals surface area contributed by atoms with Crippen LogP contribution in [0.4, 0.5) is 0 Å². The highest BCUT2D eigenvalue weighted by atomic mass is 79.9. The zero-order chi connectivity index (χ0) is 11.4. The summed E-state index contributed by atoms with van der Waals surface area (Å²) >= 11 is 3.35. The topological polar surface area (TPSA) is 40.9 Å². The summed E-state index contributed by atoms with van der Waals surface area (Å²) in [6.07, 6.45) is 0.345. The van der Waals surface area contributed by atoms with Gasteiger partial charge in [0.1, 0.15) is 5.78 Å². The molecule has 0 N–H and O–H groups in total. The average molecular weight is 266 g/mol. The van der Waals surface area contributed by atoms with Crippen LogP contribution in [0.3, 0.4) is 0 Å². The van der Waals surface area contributed by atoms with E-state index in [1.165, 1.54) is 6.92 Å². The van der Waals surface area contributed by atoms with Crippen molar-refractivity contribution >= 4 is 21.7 Å². The molecule has 0 radical (unpaired) electrons. The van der Waals surface area contributed by atoms with Gasteiger partial charge in [-0.25, -0.2) is 0 Å². The molecule has 0 spiro atoms. The highest BCUT2D eigenvalue weighted by Gasteiger charge is 2.17. The molecular weight excluding hydrogens is 254 g/mol. The molecule has 1 aromatic carbocycles. The molecule has 15 heavy (non-hydrogen) atoms. The summed E-state index contributed by atoms with van der Waals surface area (Å²) in [5.74, 6) is 0.0554. The van der Waals surface area contributed by atoms with Crippen molar-refractivity contribution in [1.29, 1.82) is 5.26 Å². The van der Waals surface area contributed by atoms with Gasteiger partial charge in [0.05, 0.1) is 17.3 Å². The number of aryl methyl sites for hydroxylation is 1. The lowest BCUT2D eigenvalue weighted by atomic mass is 9.96. The van der Waals surface area contributed by atoms with Crippen molar-refractivity contribution in [3.63, 3.8) is 0 Å². The molecule has 2 nitrogen and oxygen atoms in total. The van der Waals surface area contributed by atoms with Gasteiger partial charge in [-0.2, -0.15) is 5.26 Å². The number of hydrogen-bond donors (Lipinski definition) is 0. The predicted molar refractivity (Wildman–Crippen MR) is 62.8 cm³/mol. The zero-order valence-electron chi connectivity index (χ0n) is 8.75. The molecule has 0 amide bonds. The predicted octanol–water partition coefficient (Wildman–Crippen LogP) is 3.09. The first kappa shape index (κ1) is 11.9. The summed E-state index contributed by atoms with van der Waals surface area (Å²) in [6, 6.07) is 7.88. The van der Waals surface area contributed by atoms with Gasteiger partial charge in [0, 0.05) is 0 Å². The Morgan fingerprint density at radius 3 is 2.80 bits per heavy atom. The summed E-state index contributed by atoms with van der Waals surface area (Å²) in [6.45, 7) is 3.49.